The largest absolute Gasteiger partial charge is 0.480 e. The number of hydrogen-bond donors (Lipinski definition) is 3. The molecule has 0 spiro atoms. The Bertz CT molecular complexity index is 1390. The number of ether oxygens (including phenoxy) is 2. The van der Waals surface area contributed by atoms with Crippen molar-refractivity contribution < 1.29 is 47.5 Å². The van der Waals surface area contributed by atoms with Crippen molar-refractivity contribution in [2.24, 2.45) is 5.73 Å². The number of unbranched alkanes of at least 4 members (excludes halogenated alkanes) is 8. The maximum absolute atomic E-state index is 12.6. The Morgan fingerprint density at radius 1 is 0.569 bits per heavy atom. The van der Waals surface area contributed by atoms with E-state index in [0.29, 0.717) is 12.8 Å². The smallest absolute Gasteiger partial charge is 0.472 e. The third kappa shape index (κ3) is 39.0. The third-order valence-electron chi connectivity index (χ3n) is 8.10. The number of carbonyl (C=O) groups is 3. The van der Waals surface area contributed by atoms with Crippen LogP contribution in [0.5, 0.6) is 0 Å². The van der Waals surface area contributed by atoms with Crippen LogP contribution in [0.4, 0.5) is 0 Å². The number of nitrogens with two attached hydrogens (primary N) is 1. The molecule has 11 nitrogen and oxygen atoms in total. The summed E-state index contributed by atoms with van der Waals surface area (Å²) in [6.45, 7) is 2.51. The minimum Gasteiger partial charge on any atom is -0.480 e. The summed E-state index contributed by atoms with van der Waals surface area (Å²) in [6.07, 6.45) is 51.7. The fourth-order valence-electron chi connectivity index (χ4n) is 4.80. The van der Waals surface area contributed by atoms with E-state index < -0.39 is 57.7 Å². The summed E-state index contributed by atoms with van der Waals surface area (Å²) in [4.78, 5) is 45.9. The maximum atomic E-state index is 12.6. The van der Waals surface area contributed by atoms with Crippen LogP contribution in [0.3, 0.4) is 0 Å². The SMILES string of the molecule is CC/C=C/C=C/C=C/C=C/CCCCCC(=O)OC(COC(=O)CCCC/C=C/C/C=C/C/C=C/C/C=C/C/C=C/CCCCC)COP(=O)(O)OC[C@H](N)C(=O)O. The van der Waals surface area contributed by atoms with Gasteiger partial charge in [-0.15, -0.1) is 0 Å². The van der Waals surface area contributed by atoms with E-state index in [4.69, 9.17) is 24.8 Å². The lowest BCUT2D eigenvalue weighted by molar-refractivity contribution is -0.161. The van der Waals surface area contributed by atoms with Crippen molar-refractivity contribution in [3.05, 3.63) is 109 Å². The average molecular weight is 830 g/mol. The van der Waals surface area contributed by atoms with Crippen LogP contribution in [0.1, 0.15) is 129 Å². The number of hydrogen-bond acceptors (Lipinski definition) is 9. The zero-order valence-corrected chi connectivity index (χ0v) is 36.0. The van der Waals surface area contributed by atoms with E-state index in [1.54, 1.807) is 0 Å². The molecule has 0 bridgehead atoms. The first-order chi connectivity index (χ1) is 28.1. The molecular weight excluding hydrogens is 757 g/mol. The van der Waals surface area contributed by atoms with Crippen molar-refractivity contribution >= 4 is 25.7 Å². The molecule has 3 atom stereocenters. The number of aliphatic carboxylic acids is 1. The van der Waals surface area contributed by atoms with Gasteiger partial charge in [-0.05, 0) is 83.5 Å². The monoisotopic (exact) mass is 829 g/mol. The lowest BCUT2D eigenvalue weighted by atomic mass is 10.1. The molecule has 0 fully saturated rings. The van der Waals surface area contributed by atoms with Crippen LogP contribution < -0.4 is 5.73 Å². The van der Waals surface area contributed by atoms with Crippen LogP contribution in [-0.2, 0) is 37.5 Å². The number of phosphoric ester groups is 1. The molecule has 0 aliphatic rings. The van der Waals surface area contributed by atoms with E-state index in [1.807, 2.05) is 36.5 Å². The fourth-order valence-corrected chi connectivity index (χ4v) is 5.58. The van der Waals surface area contributed by atoms with Crippen molar-refractivity contribution in [2.75, 3.05) is 19.8 Å². The second kappa shape index (κ2) is 39.9. The number of phosphoric acid groups is 1. The summed E-state index contributed by atoms with van der Waals surface area (Å²) in [6, 6.07) is -1.54. The third-order valence-corrected chi connectivity index (χ3v) is 9.05. The highest BCUT2D eigenvalue weighted by Gasteiger charge is 2.28. The molecule has 4 N–H and O–H groups in total. The fraction of sp³-hybridized carbons (Fsp3) is 0.543. The molecular formula is C46H72NO10P. The molecule has 0 radical (unpaired) electrons. The van der Waals surface area contributed by atoms with Crippen molar-refractivity contribution in [3.8, 4) is 0 Å². The highest BCUT2D eigenvalue weighted by atomic mass is 31.2. The predicted molar refractivity (Wildman–Crippen MR) is 235 cm³/mol. The first-order valence-corrected chi connectivity index (χ1v) is 22.5. The Hall–Kier alpha value is -3.86. The molecule has 0 aromatic carbocycles. The zero-order chi connectivity index (χ0) is 42.8. The van der Waals surface area contributed by atoms with Crippen molar-refractivity contribution in [1.82, 2.24) is 0 Å². The maximum Gasteiger partial charge on any atom is 0.472 e. The van der Waals surface area contributed by atoms with E-state index in [2.05, 4.69) is 91.3 Å². The van der Waals surface area contributed by atoms with Gasteiger partial charge in [-0.2, -0.15) is 0 Å². The minimum absolute atomic E-state index is 0.0980. The Morgan fingerprint density at radius 2 is 1.03 bits per heavy atom. The average Bonchev–Trinajstić information content (AvgIpc) is 3.20. The van der Waals surface area contributed by atoms with Crippen LogP contribution in [-0.4, -0.2) is 59.9 Å². The first kappa shape index (κ1) is 54.1. The summed E-state index contributed by atoms with van der Waals surface area (Å²) < 4.78 is 32.5. The van der Waals surface area contributed by atoms with Gasteiger partial charge in [-0.25, -0.2) is 4.57 Å². The Balaban J connectivity index is 4.52. The van der Waals surface area contributed by atoms with Gasteiger partial charge in [0, 0.05) is 12.8 Å². The van der Waals surface area contributed by atoms with Crippen molar-refractivity contribution in [3.63, 3.8) is 0 Å². The van der Waals surface area contributed by atoms with Gasteiger partial charge < -0.3 is 25.2 Å². The molecule has 58 heavy (non-hydrogen) atoms. The van der Waals surface area contributed by atoms with Gasteiger partial charge in [0.05, 0.1) is 13.2 Å². The van der Waals surface area contributed by atoms with Crippen LogP contribution >= 0.6 is 7.82 Å². The Kier molecular flexibility index (Phi) is 37.3. The topological polar surface area (TPSA) is 172 Å². The number of carbonyl (C=O) groups excluding carboxylic acids is 2. The molecule has 0 saturated carbocycles. The minimum atomic E-state index is -4.74. The zero-order valence-electron chi connectivity index (χ0n) is 35.1. The standard InChI is InChI=1S/C46H72NO10P/c1-3-5-7-9-11-13-15-17-18-19-20-21-22-23-24-26-27-29-31-33-35-37-44(48)54-39-42(40-55-58(52,53)56-41-43(47)46(50)51)57-45(49)38-36-34-32-30-28-25-16-14-12-10-8-6-4-2/h6,8,10-14,16-18,20-21,23-25,27-29,42-43H,3-5,7,9,15,19,22,26,30-41,47H2,1-2H3,(H,50,51)(H,52,53)/b8-6+,12-10+,13-11+,16-14+,18-17+,21-20+,24-23+,28-25+,29-27+/t42?,43-/m0/s1. The quantitative estimate of drug-likeness (QED) is 0.0179. The van der Waals surface area contributed by atoms with Crippen LogP contribution in [0.2, 0.25) is 0 Å². The first-order valence-electron chi connectivity index (χ1n) is 21.0. The Labute approximate surface area is 348 Å². The van der Waals surface area contributed by atoms with Gasteiger partial charge in [-0.1, -0.05) is 142 Å². The lowest BCUT2D eigenvalue weighted by Crippen LogP contribution is -2.34. The summed E-state index contributed by atoms with van der Waals surface area (Å²) in [5.74, 6) is -2.51. The number of allylic oxidation sites excluding steroid dienone is 18. The molecule has 0 amide bonds. The van der Waals surface area contributed by atoms with Crippen molar-refractivity contribution in [1.29, 1.82) is 0 Å². The summed E-state index contributed by atoms with van der Waals surface area (Å²) >= 11 is 0. The molecule has 12 heteroatoms. The molecule has 0 aliphatic heterocycles. The van der Waals surface area contributed by atoms with Crippen LogP contribution in [0, 0.1) is 0 Å². The van der Waals surface area contributed by atoms with E-state index in [-0.39, 0.29) is 12.8 Å². The molecule has 0 aliphatic carbocycles. The number of rotatable bonds is 37. The van der Waals surface area contributed by atoms with Gasteiger partial charge in [0.15, 0.2) is 6.10 Å². The molecule has 2 unspecified atom stereocenters. The molecule has 0 saturated heterocycles. The van der Waals surface area contributed by atoms with E-state index in [0.717, 1.165) is 64.2 Å². The molecule has 0 heterocycles. The van der Waals surface area contributed by atoms with E-state index in [1.165, 1.54) is 25.7 Å². The lowest BCUT2D eigenvalue weighted by Gasteiger charge is -2.20. The number of esters is 2. The van der Waals surface area contributed by atoms with Gasteiger partial charge >= 0.3 is 25.7 Å². The van der Waals surface area contributed by atoms with Crippen LogP contribution in [0.25, 0.3) is 0 Å². The summed E-state index contributed by atoms with van der Waals surface area (Å²) in [7, 11) is -4.74. The molecule has 0 aromatic heterocycles. The Morgan fingerprint density at radius 3 is 1.60 bits per heavy atom. The second-order valence-electron chi connectivity index (χ2n) is 13.5. The molecule has 0 rings (SSSR count). The number of carboxylic acids is 1. The van der Waals surface area contributed by atoms with E-state index in [9.17, 15) is 23.8 Å². The second-order valence-corrected chi connectivity index (χ2v) is 14.9. The van der Waals surface area contributed by atoms with Gasteiger partial charge in [-0.3, -0.25) is 23.4 Å². The summed E-state index contributed by atoms with van der Waals surface area (Å²) in [5, 5.41) is 8.88. The van der Waals surface area contributed by atoms with Gasteiger partial charge in [0.2, 0.25) is 0 Å². The molecule has 326 valence electrons. The van der Waals surface area contributed by atoms with E-state index >= 15 is 0 Å². The molecule has 0 aromatic rings. The summed E-state index contributed by atoms with van der Waals surface area (Å²) in [5.41, 5.74) is 5.32. The van der Waals surface area contributed by atoms with Gasteiger partial charge in [0.1, 0.15) is 12.6 Å². The van der Waals surface area contributed by atoms with Crippen molar-refractivity contribution in [2.45, 2.75) is 142 Å². The highest BCUT2D eigenvalue weighted by Crippen LogP contribution is 2.43. The van der Waals surface area contributed by atoms with Crippen LogP contribution in [0.15, 0.2) is 109 Å². The highest BCUT2D eigenvalue weighted by molar-refractivity contribution is 7.47. The number of carboxylic acid groups (broad SMARTS) is 1. The normalized spacial score (nSPS) is 14.8. The predicted octanol–water partition coefficient (Wildman–Crippen LogP) is 11.1. The van der Waals surface area contributed by atoms with Gasteiger partial charge in [0.25, 0.3) is 0 Å².